The minimum atomic E-state index is -0.365. The Morgan fingerprint density at radius 3 is 2.29 bits per heavy atom. The summed E-state index contributed by atoms with van der Waals surface area (Å²) in [5.74, 6) is 0.180. The Balaban J connectivity index is 1.78. The maximum Gasteiger partial charge on any atom is 0.290 e. The molecule has 28 heavy (non-hydrogen) atoms. The second-order valence-corrected chi connectivity index (χ2v) is 6.73. The van der Waals surface area contributed by atoms with Gasteiger partial charge in [0, 0.05) is 12.1 Å². The first-order valence-electron chi connectivity index (χ1n) is 9.16. The molecule has 0 aliphatic carbocycles. The van der Waals surface area contributed by atoms with Crippen LogP contribution in [-0.2, 0) is 11.3 Å². The quantitative estimate of drug-likeness (QED) is 0.704. The molecule has 0 bridgehead atoms. The average molecular weight is 371 g/mol. The first kappa shape index (κ1) is 17.9. The summed E-state index contributed by atoms with van der Waals surface area (Å²) in [5, 5.41) is 10.8. The largest absolute Gasteiger partial charge is 0.503 e. The Kier molecular flexibility index (Phi) is 4.85. The van der Waals surface area contributed by atoms with Crippen LogP contribution < -0.4 is 4.74 Å². The van der Waals surface area contributed by atoms with Gasteiger partial charge in [0.25, 0.3) is 5.91 Å². The molecular formula is C24H21NO3. The number of nitrogens with zero attached hydrogens (tertiary/aromatic N) is 1. The van der Waals surface area contributed by atoms with Gasteiger partial charge in [0.05, 0.1) is 13.2 Å². The molecule has 0 saturated heterocycles. The van der Waals surface area contributed by atoms with Crippen molar-refractivity contribution in [2.45, 2.75) is 12.6 Å². The van der Waals surface area contributed by atoms with E-state index in [1.165, 1.54) is 0 Å². The van der Waals surface area contributed by atoms with Gasteiger partial charge >= 0.3 is 0 Å². The van der Waals surface area contributed by atoms with Crippen molar-refractivity contribution in [1.82, 2.24) is 4.90 Å². The highest BCUT2D eigenvalue weighted by Gasteiger charge is 2.40. The predicted octanol–water partition coefficient (Wildman–Crippen LogP) is 4.75. The zero-order valence-corrected chi connectivity index (χ0v) is 15.6. The van der Waals surface area contributed by atoms with E-state index in [0.29, 0.717) is 12.1 Å². The SMILES string of the molecule is COc1cccc(CN2C(=O)C(O)=C(c3ccccc3)C2c2ccccc2)c1. The van der Waals surface area contributed by atoms with Crippen molar-refractivity contribution in [3.63, 3.8) is 0 Å². The van der Waals surface area contributed by atoms with Gasteiger partial charge in [-0.05, 0) is 28.8 Å². The Morgan fingerprint density at radius 2 is 1.61 bits per heavy atom. The molecule has 0 radical (unpaired) electrons. The lowest BCUT2D eigenvalue weighted by molar-refractivity contribution is -0.130. The molecule has 3 aromatic carbocycles. The van der Waals surface area contributed by atoms with Crippen molar-refractivity contribution in [3.8, 4) is 5.75 Å². The van der Waals surface area contributed by atoms with Crippen molar-refractivity contribution in [2.75, 3.05) is 7.11 Å². The summed E-state index contributed by atoms with van der Waals surface area (Å²) in [6.07, 6.45) is 0. The summed E-state index contributed by atoms with van der Waals surface area (Å²) in [4.78, 5) is 14.7. The summed E-state index contributed by atoms with van der Waals surface area (Å²) in [5.41, 5.74) is 3.38. The molecule has 1 N–H and O–H groups in total. The van der Waals surface area contributed by atoms with E-state index in [1.54, 1.807) is 12.0 Å². The number of carbonyl (C=O) groups excluding carboxylic acids is 1. The molecule has 1 aliphatic rings. The second-order valence-electron chi connectivity index (χ2n) is 6.73. The number of amides is 1. The summed E-state index contributed by atoms with van der Waals surface area (Å²) in [7, 11) is 1.62. The summed E-state index contributed by atoms with van der Waals surface area (Å²) < 4.78 is 5.31. The van der Waals surface area contributed by atoms with Gasteiger partial charge in [-0.1, -0.05) is 72.8 Å². The third-order valence-electron chi connectivity index (χ3n) is 4.99. The van der Waals surface area contributed by atoms with E-state index < -0.39 is 0 Å². The molecule has 1 atom stereocenters. The first-order chi connectivity index (χ1) is 13.7. The fourth-order valence-corrected chi connectivity index (χ4v) is 3.68. The highest BCUT2D eigenvalue weighted by atomic mass is 16.5. The molecule has 140 valence electrons. The third-order valence-corrected chi connectivity index (χ3v) is 4.99. The van der Waals surface area contributed by atoms with Crippen LogP contribution >= 0.6 is 0 Å². The number of aliphatic hydroxyl groups is 1. The van der Waals surface area contributed by atoms with Crippen LogP contribution in [0.3, 0.4) is 0 Å². The van der Waals surface area contributed by atoms with Crippen LogP contribution in [0.25, 0.3) is 5.57 Å². The molecular weight excluding hydrogens is 350 g/mol. The van der Waals surface area contributed by atoms with Crippen LogP contribution in [0.2, 0.25) is 0 Å². The summed E-state index contributed by atoms with van der Waals surface area (Å²) in [6, 6.07) is 26.7. The fourth-order valence-electron chi connectivity index (χ4n) is 3.68. The Hall–Kier alpha value is -3.53. The molecule has 0 aromatic heterocycles. The van der Waals surface area contributed by atoms with Gasteiger partial charge in [-0.3, -0.25) is 4.79 Å². The Bertz CT molecular complexity index is 1010. The van der Waals surface area contributed by atoms with E-state index in [9.17, 15) is 9.90 Å². The lowest BCUT2D eigenvalue weighted by Gasteiger charge is -2.27. The highest BCUT2D eigenvalue weighted by molar-refractivity contribution is 6.05. The van der Waals surface area contributed by atoms with E-state index in [2.05, 4.69) is 0 Å². The van der Waals surface area contributed by atoms with Crippen LogP contribution in [0.15, 0.2) is 90.7 Å². The minimum absolute atomic E-state index is 0.192. The molecule has 4 nitrogen and oxygen atoms in total. The molecule has 1 amide bonds. The number of methoxy groups -OCH3 is 1. The zero-order chi connectivity index (χ0) is 19.5. The van der Waals surface area contributed by atoms with Crippen molar-refractivity contribution in [3.05, 3.63) is 107 Å². The zero-order valence-electron chi connectivity index (χ0n) is 15.6. The van der Waals surface area contributed by atoms with E-state index in [4.69, 9.17) is 4.74 Å². The number of hydrogen-bond acceptors (Lipinski definition) is 3. The van der Waals surface area contributed by atoms with Crippen molar-refractivity contribution < 1.29 is 14.6 Å². The second kappa shape index (κ2) is 7.61. The molecule has 3 aromatic rings. The first-order valence-corrected chi connectivity index (χ1v) is 9.16. The van der Waals surface area contributed by atoms with Crippen molar-refractivity contribution in [1.29, 1.82) is 0 Å². The van der Waals surface area contributed by atoms with Crippen LogP contribution in [0.5, 0.6) is 5.75 Å². The molecule has 0 fully saturated rings. The molecule has 4 rings (SSSR count). The fraction of sp³-hybridized carbons (Fsp3) is 0.125. The number of rotatable bonds is 5. The number of hydrogen-bond donors (Lipinski definition) is 1. The maximum absolute atomic E-state index is 13.0. The van der Waals surface area contributed by atoms with E-state index >= 15 is 0 Å². The van der Waals surface area contributed by atoms with E-state index in [1.807, 2.05) is 84.9 Å². The van der Waals surface area contributed by atoms with Crippen LogP contribution in [-0.4, -0.2) is 23.0 Å². The van der Waals surface area contributed by atoms with Gasteiger partial charge < -0.3 is 14.7 Å². The smallest absolute Gasteiger partial charge is 0.290 e. The maximum atomic E-state index is 13.0. The topological polar surface area (TPSA) is 49.8 Å². The van der Waals surface area contributed by atoms with E-state index in [0.717, 1.165) is 22.4 Å². The number of ether oxygens (including phenoxy) is 1. The lowest BCUT2D eigenvalue weighted by Crippen LogP contribution is -2.29. The van der Waals surface area contributed by atoms with Crippen molar-refractivity contribution >= 4 is 11.5 Å². The number of carbonyl (C=O) groups is 1. The van der Waals surface area contributed by atoms with Gasteiger partial charge in [-0.2, -0.15) is 0 Å². The predicted molar refractivity (Wildman–Crippen MR) is 109 cm³/mol. The number of aliphatic hydroxyl groups excluding tert-OH is 1. The van der Waals surface area contributed by atoms with Crippen LogP contribution in [0.1, 0.15) is 22.7 Å². The lowest BCUT2D eigenvalue weighted by atomic mass is 9.93. The van der Waals surface area contributed by atoms with Gasteiger partial charge in [-0.15, -0.1) is 0 Å². The monoisotopic (exact) mass is 371 g/mol. The standard InChI is InChI=1S/C24H21NO3/c1-28-20-14-8-9-17(15-20)16-25-22(19-12-6-3-7-13-19)21(23(26)24(25)27)18-10-4-2-5-11-18/h2-15,22,26H,16H2,1H3. The van der Waals surface area contributed by atoms with Crippen LogP contribution in [0, 0.1) is 0 Å². The third kappa shape index (κ3) is 3.25. The van der Waals surface area contributed by atoms with Gasteiger partial charge in [0.1, 0.15) is 5.75 Å². The van der Waals surface area contributed by atoms with Gasteiger partial charge in [0.15, 0.2) is 5.76 Å². The molecule has 4 heteroatoms. The normalized spacial score (nSPS) is 16.5. The minimum Gasteiger partial charge on any atom is -0.503 e. The Labute approximate surface area is 164 Å². The molecule has 1 heterocycles. The highest BCUT2D eigenvalue weighted by Crippen LogP contribution is 2.43. The molecule has 1 unspecified atom stereocenters. The average Bonchev–Trinajstić information content (AvgIpc) is 3.00. The van der Waals surface area contributed by atoms with E-state index in [-0.39, 0.29) is 17.7 Å². The summed E-state index contributed by atoms with van der Waals surface area (Å²) >= 11 is 0. The molecule has 1 aliphatic heterocycles. The van der Waals surface area contributed by atoms with Crippen LogP contribution in [0.4, 0.5) is 0 Å². The van der Waals surface area contributed by atoms with Gasteiger partial charge in [-0.25, -0.2) is 0 Å². The van der Waals surface area contributed by atoms with Crippen molar-refractivity contribution in [2.24, 2.45) is 0 Å². The Morgan fingerprint density at radius 1 is 0.929 bits per heavy atom. The number of benzene rings is 3. The summed E-state index contributed by atoms with van der Waals surface area (Å²) in [6.45, 7) is 0.371. The molecule has 0 spiro atoms. The van der Waals surface area contributed by atoms with Gasteiger partial charge in [0.2, 0.25) is 0 Å². The molecule has 0 saturated carbocycles.